The van der Waals surface area contributed by atoms with Crippen LogP contribution >= 0.6 is 11.3 Å². The molecule has 2 aliphatic rings. The Hall–Kier alpha value is -3.06. The van der Waals surface area contributed by atoms with Crippen LogP contribution in [0.3, 0.4) is 0 Å². The summed E-state index contributed by atoms with van der Waals surface area (Å²) in [6.07, 6.45) is 1.24. The number of Topliss-reactive ketones (excluding diaryl/α,β-unsaturated/α-hetero) is 1. The third-order valence-electron chi connectivity index (χ3n) is 5.86. The van der Waals surface area contributed by atoms with E-state index in [0.717, 1.165) is 28.9 Å². The molecule has 0 bridgehead atoms. The maximum Gasteiger partial charge on any atom is 0.270 e. The fourth-order valence-electron chi connectivity index (χ4n) is 4.44. The molecule has 0 spiro atoms. The molecule has 0 saturated heterocycles. The Morgan fingerprint density at radius 1 is 1.03 bits per heavy atom. The summed E-state index contributed by atoms with van der Waals surface area (Å²) in [5.41, 5.74) is 4.09. The maximum atomic E-state index is 13.3. The predicted octanol–water partition coefficient (Wildman–Crippen LogP) is 3.79. The molecule has 6 nitrogen and oxygen atoms in total. The minimum atomic E-state index is -0.357. The van der Waals surface area contributed by atoms with E-state index < -0.39 is 0 Å². The van der Waals surface area contributed by atoms with Gasteiger partial charge in [0.2, 0.25) is 0 Å². The molecule has 5 rings (SSSR count). The highest BCUT2D eigenvalue weighted by molar-refractivity contribution is 7.10. The Labute approximate surface area is 172 Å². The van der Waals surface area contributed by atoms with Crippen molar-refractivity contribution >= 4 is 28.6 Å². The van der Waals surface area contributed by atoms with Crippen LogP contribution < -0.4 is 15.8 Å². The van der Waals surface area contributed by atoms with Gasteiger partial charge in [-0.2, -0.15) is 0 Å². The Kier molecular flexibility index (Phi) is 4.20. The van der Waals surface area contributed by atoms with Crippen LogP contribution in [0, 0.1) is 0 Å². The number of thiophene rings is 1. The summed E-state index contributed by atoms with van der Waals surface area (Å²) < 4.78 is 0. The summed E-state index contributed by atoms with van der Waals surface area (Å²) in [5.74, 6) is 0.599. The lowest BCUT2D eigenvalue weighted by atomic mass is 9.74. The molecule has 2 aromatic heterocycles. The summed E-state index contributed by atoms with van der Waals surface area (Å²) in [7, 11) is 3.98. The van der Waals surface area contributed by atoms with Gasteiger partial charge in [-0.25, -0.2) is 0 Å². The van der Waals surface area contributed by atoms with Gasteiger partial charge >= 0.3 is 0 Å². The van der Waals surface area contributed by atoms with Crippen molar-refractivity contribution in [3.05, 3.63) is 79.4 Å². The van der Waals surface area contributed by atoms with Gasteiger partial charge in [0, 0.05) is 54.2 Å². The summed E-state index contributed by atoms with van der Waals surface area (Å²) in [5, 5.41) is 11.0. The highest BCUT2D eigenvalue weighted by Gasteiger charge is 2.40. The third-order valence-corrected chi connectivity index (χ3v) is 6.90. The molecule has 3 N–H and O–H groups in total. The topological polar surface area (TPSA) is 81.0 Å². The first-order valence-electron chi connectivity index (χ1n) is 9.67. The van der Waals surface area contributed by atoms with Gasteiger partial charge in [0.05, 0.1) is 5.56 Å². The van der Waals surface area contributed by atoms with E-state index in [1.165, 1.54) is 4.88 Å². The molecule has 0 radical (unpaired) electrons. The molecular formula is C22H22N4O2S. The monoisotopic (exact) mass is 406 g/mol. The molecule has 1 aliphatic heterocycles. The van der Waals surface area contributed by atoms with Crippen LogP contribution in [-0.2, 0) is 4.79 Å². The van der Waals surface area contributed by atoms with Crippen LogP contribution in [0.2, 0.25) is 0 Å². The second kappa shape index (κ2) is 6.77. The number of ketones is 1. The zero-order chi connectivity index (χ0) is 20.1. The number of nitrogens with zero attached hydrogens (tertiary/aromatic N) is 1. The number of aromatic amines is 2. The Balaban J connectivity index is 1.62. The lowest BCUT2D eigenvalue weighted by Gasteiger charge is -2.34. The number of H-pyrrole nitrogens is 2. The van der Waals surface area contributed by atoms with Gasteiger partial charge in [-0.05, 0) is 35.6 Å². The van der Waals surface area contributed by atoms with Gasteiger partial charge in [0.1, 0.15) is 5.82 Å². The average Bonchev–Trinajstić information content (AvgIpc) is 3.37. The number of carbonyl (C=O) groups is 1. The highest BCUT2D eigenvalue weighted by Crippen LogP contribution is 2.47. The number of nitrogens with one attached hydrogen (secondary N) is 3. The van der Waals surface area contributed by atoms with Gasteiger partial charge in [0.15, 0.2) is 5.78 Å². The molecule has 2 atom stereocenters. The highest BCUT2D eigenvalue weighted by atomic mass is 32.1. The molecule has 0 fully saturated rings. The second-order valence-corrected chi connectivity index (χ2v) is 8.83. The Bertz CT molecular complexity index is 1150. The van der Waals surface area contributed by atoms with Gasteiger partial charge in [-0.3, -0.25) is 19.8 Å². The van der Waals surface area contributed by atoms with Crippen molar-refractivity contribution in [2.24, 2.45) is 0 Å². The van der Waals surface area contributed by atoms with Crippen molar-refractivity contribution in [2.75, 3.05) is 24.3 Å². The van der Waals surface area contributed by atoms with Crippen LogP contribution in [0.15, 0.2) is 57.8 Å². The van der Waals surface area contributed by atoms with E-state index >= 15 is 0 Å². The molecule has 29 heavy (non-hydrogen) atoms. The summed E-state index contributed by atoms with van der Waals surface area (Å²) in [4.78, 5) is 29.2. The smallest absolute Gasteiger partial charge is 0.270 e. The van der Waals surface area contributed by atoms with E-state index in [1.807, 2.05) is 49.3 Å². The van der Waals surface area contributed by atoms with Crippen molar-refractivity contribution in [1.29, 1.82) is 0 Å². The number of hydrogen-bond donors (Lipinski definition) is 3. The fraction of sp³-hybridized carbons (Fsp3) is 0.273. The van der Waals surface area contributed by atoms with Gasteiger partial charge < -0.3 is 10.2 Å². The molecule has 1 aromatic carbocycles. The molecule has 148 valence electrons. The lowest BCUT2D eigenvalue weighted by molar-refractivity contribution is -0.116. The number of fused-ring (bicyclic) bond motifs is 1. The van der Waals surface area contributed by atoms with Crippen LogP contribution in [0.5, 0.6) is 0 Å². The fourth-order valence-corrected chi connectivity index (χ4v) is 5.27. The van der Waals surface area contributed by atoms with E-state index in [-0.39, 0.29) is 23.2 Å². The second-order valence-electron chi connectivity index (χ2n) is 7.85. The first-order valence-corrected chi connectivity index (χ1v) is 10.6. The molecule has 0 unspecified atom stereocenters. The SMILES string of the molecule is CN(C)c1ccc([C@H]2C3=C(C[C@H](c4cccs4)CC3=O)Nc3[nH][nH]c(=O)c32)cc1. The van der Waals surface area contributed by atoms with Crippen LogP contribution in [0.4, 0.5) is 11.5 Å². The normalized spacial score (nSPS) is 20.8. The first kappa shape index (κ1) is 18.0. The minimum Gasteiger partial charge on any atom is -0.378 e. The van der Waals surface area contributed by atoms with Gasteiger partial charge in [0.25, 0.3) is 5.56 Å². The Morgan fingerprint density at radius 2 is 1.83 bits per heavy atom. The molecule has 1 aliphatic carbocycles. The third kappa shape index (κ3) is 2.93. The first-order chi connectivity index (χ1) is 14.0. The van der Waals surface area contributed by atoms with E-state index in [0.29, 0.717) is 17.8 Å². The lowest BCUT2D eigenvalue weighted by Crippen LogP contribution is -2.31. The molecule has 3 aromatic rings. The minimum absolute atomic E-state index is 0.116. The van der Waals surface area contributed by atoms with Crippen molar-refractivity contribution in [1.82, 2.24) is 10.2 Å². The quantitative estimate of drug-likeness (QED) is 0.618. The molecular weight excluding hydrogens is 384 g/mol. The van der Waals surface area contributed by atoms with Gasteiger partial charge in [-0.1, -0.05) is 18.2 Å². The largest absolute Gasteiger partial charge is 0.378 e. The van der Waals surface area contributed by atoms with Crippen molar-refractivity contribution in [3.63, 3.8) is 0 Å². The number of hydrogen-bond acceptors (Lipinski definition) is 5. The standard InChI is InChI=1S/C22H22N4O2S/c1-26(2)14-7-5-12(6-8-14)18-19-15(23-21-20(18)22(28)25-24-21)10-13(11-16(19)27)17-4-3-9-29-17/h3-9,13,18H,10-11H2,1-2H3,(H3,23,24,25,28)/t13-,18-/m0/s1. The molecule has 0 saturated carbocycles. The van der Waals surface area contributed by atoms with E-state index in [2.05, 4.69) is 27.0 Å². The average molecular weight is 407 g/mol. The number of rotatable bonds is 3. The summed E-state index contributed by atoms with van der Waals surface area (Å²) in [6, 6.07) is 12.2. The number of benzene rings is 1. The Morgan fingerprint density at radius 3 is 2.52 bits per heavy atom. The number of anilines is 2. The van der Waals surface area contributed by atoms with Crippen LogP contribution in [0.25, 0.3) is 0 Å². The predicted molar refractivity (Wildman–Crippen MR) is 116 cm³/mol. The van der Waals surface area contributed by atoms with Crippen LogP contribution in [-0.4, -0.2) is 30.1 Å². The number of aromatic nitrogens is 2. The summed E-state index contributed by atoms with van der Waals surface area (Å²) in [6.45, 7) is 0. The zero-order valence-electron chi connectivity index (χ0n) is 16.3. The van der Waals surface area contributed by atoms with Crippen molar-refractivity contribution < 1.29 is 4.79 Å². The van der Waals surface area contributed by atoms with Crippen molar-refractivity contribution in [3.8, 4) is 0 Å². The molecule has 7 heteroatoms. The van der Waals surface area contributed by atoms with E-state index in [9.17, 15) is 9.59 Å². The molecule has 3 heterocycles. The van der Waals surface area contributed by atoms with E-state index in [4.69, 9.17) is 0 Å². The van der Waals surface area contributed by atoms with Crippen molar-refractivity contribution in [2.45, 2.75) is 24.7 Å². The summed E-state index contributed by atoms with van der Waals surface area (Å²) >= 11 is 1.69. The number of carbonyl (C=O) groups excluding carboxylic acids is 1. The van der Waals surface area contributed by atoms with Crippen LogP contribution in [0.1, 0.15) is 40.7 Å². The number of allylic oxidation sites excluding steroid dienone is 2. The molecule has 0 amide bonds. The zero-order valence-corrected chi connectivity index (χ0v) is 17.1. The van der Waals surface area contributed by atoms with E-state index in [1.54, 1.807) is 11.3 Å². The van der Waals surface area contributed by atoms with Gasteiger partial charge in [-0.15, -0.1) is 11.3 Å². The maximum absolute atomic E-state index is 13.3.